The maximum absolute atomic E-state index is 12.7. The number of hydrogen-bond acceptors (Lipinski definition) is 6. The first kappa shape index (κ1) is 15.3. The van der Waals surface area contributed by atoms with Crippen molar-refractivity contribution in [2.45, 2.75) is 6.92 Å². The Morgan fingerprint density at radius 2 is 2.08 bits per heavy atom. The highest BCUT2D eigenvalue weighted by atomic mass is 32.1. The standard InChI is InChI=1S/C17H13N5O2S/c1-9-4-2-3-5-11(9)14-15(25-22-20-14)17(24)18-16-12-7-6-10(23)8-13(12)19-21-16/h2-8,23H,1H3,(H2,18,19,21,24). The molecule has 0 spiro atoms. The number of nitrogens with one attached hydrogen (secondary N) is 2. The van der Waals surface area contributed by atoms with E-state index >= 15 is 0 Å². The molecule has 0 atom stereocenters. The Bertz CT molecular complexity index is 1090. The average Bonchev–Trinajstić information content (AvgIpc) is 3.22. The lowest BCUT2D eigenvalue weighted by atomic mass is 10.1. The number of carbonyl (C=O) groups is 1. The van der Waals surface area contributed by atoms with Gasteiger partial charge in [-0.05, 0) is 36.2 Å². The number of fused-ring (bicyclic) bond motifs is 1. The van der Waals surface area contributed by atoms with Crippen molar-refractivity contribution >= 4 is 34.2 Å². The fourth-order valence-electron chi connectivity index (χ4n) is 2.62. The first-order valence-corrected chi connectivity index (χ1v) is 8.27. The zero-order valence-corrected chi connectivity index (χ0v) is 14.0. The summed E-state index contributed by atoms with van der Waals surface area (Å²) < 4.78 is 3.93. The van der Waals surface area contributed by atoms with Crippen LogP contribution in [0.3, 0.4) is 0 Å². The predicted molar refractivity (Wildman–Crippen MR) is 95.8 cm³/mol. The minimum absolute atomic E-state index is 0.127. The smallest absolute Gasteiger partial charge is 0.270 e. The Labute approximate surface area is 146 Å². The SMILES string of the molecule is Cc1ccccc1-c1nnsc1C(=O)Nc1n[nH]c2cc(O)ccc12. The zero-order chi connectivity index (χ0) is 17.4. The van der Waals surface area contributed by atoms with Crippen molar-refractivity contribution in [3.63, 3.8) is 0 Å². The summed E-state index contributed by atoms with van der Waals surface area (Å²) in [6.45, 7) is 1.96. The number of hydrogen-bond donors (Lipinski definition) is 3. The lowest BCUT2D eigenvalue weighted by Gasteiger charge is -2.05. The van der Waals surface area contributed by atoms with Crippen LogP contribution in [0.25, 0.3) is 22.2 Å². The molecule has 4 aromatic rings. The van der Waals surface area contributed by atoms with Crippen LogP contribution < -0.4 is 5.32 Å². The summed E-state index contributed by atoms with van der Waals surface area (Å²) in [4.78, 5) is 13.1. The molecular formula is C17H13N5O2S. The summed E-state index contributed by atoms with van der Waals surface area (Å²) in [7, 11) is 0. The van der Waals surface area contributed by atoms with E-state index in [0.29, 0.717) is 27.3 Å². The van der Waals surface area contributed by atoms with Crippen LogP contribution in [0.2, 0.25) is 0 Å². The summed E-state index contributed by atoms with van der Waals surface area (Å²) in [5, 5.41) is 24.0. The largest absolute Gasteiger partial charge is 0.508 e. The van der Waals surface area contributed by atoms with Gasteiger partial charge in [0.05, 0.1) is 5.52 Å². The molecule has 3 N–H and O–H groups in total. The Kier molecular flexibility index (Phi) is 3.66. The number of H-pyrrole nitrogens is 1. The number of aromatic amines is 1. The van der Waals surface area contributed by atoms with Crippen molar-refractivity contribution in [1.82, 2.24) is 19.8 Å². The van der Waals surface area contributed by atoms with Crippen molar-refractivity contribution < 1.29 is 9.90 Å². The summed E-state index contributed by atoms with van der Waals surface area (Å²) in [5.74, 6) is 0.196. The van der Waals surface area contributed by atoms with Crippen LogP contribution in [0.4, 0.5) is 5.82 Å². The van der Waals surface area contributed by atoms with E-state index < -0.39 is 0 Å². The number of phenolic OH excluding ortho intramolecular Hbond substituents is 1. The van der Waals surface area contributed by atoms with Gasteiger partial charge in [0, 0.05) is 17.0 Å². The van der Waals surface area contributed by atoms with Crippen LogP contribution in [-0.2, 0) is 0 Å². The van der Waals surface area contributed by atoms with E-state index in [1.54, 1.807) is 18.2 Å². The molecule has 2 heterocycles. The van der Waals surface area contributed by atoms with Crippen molar-refractivity contribution in [2.75, 3.05) is 5.32 Å². The number of anilines is 1. The van der Waals surface area contributed by atoms with Crippen molar-refractivity contribution in [3.05, 3.63) is 52.9 Å². The molecule has 0 unspecified atom stereocenters. The van der Waals surface area contributed by atoms with E-state index in [4.69, 9.17) is 0 Å². The molecule has 2 aromatic heterocycles. The number of phenols is 1. The molecule has 0 saturated heterocycles. The van der Waals surface area contributed by atoms with E-state index in [1.165, 1.54) is 0 Å². The van der Waals surface area contributed by atoms with Gasteiger partial charge in [0.15, 0.2) is 5.82 Å². The highest BCUT2D eigenvalue weighted by molar-refractivity contribution is 7.08. The first-order chi connectivity index (χ1) is 12.1. The fourth-order valence-corrected chi connectivity index (χ4v) is 3.20. The summed E-state index contributed by atoms with van der Waals surface area (Å²) in [6.07, 6.45) is 0. The van der Waals surface area contributed by atoms with Crippen LogP contribution in [0.1, 0.15) is 15.2 Å². The number of aryl methyl sites for hydroxylation is 1. The quantitative estimate of drug-likeness (QED) is 0.525. The van der Waals surface area contributed by atoms with Gasteiger partial charge in [0.2, 0.25) is 0 Å². The normalized spacial score (nSPS) is 10.9. The molecule has 0 radical (unpaired) electrons. The monoisotopic (exact) mass is 351 g/mol. The second-order valence-corrected chi connectivity index (χ2v) is 6.28. The topological polar surface area (TPSA) is 104 Å². The molecule has 0 fully saturated rings. The van der Waals surface area contributed by atoms with Gasteiger partial charge in [0.1, 0.15) is 16.3 Å². The van der Waals surface area contributed by atoms with Crippen molar-refractivity contribution in [1.29, 1.82) is 0 Å². The molecular weight excluding hydrogens is 338 g/mol. The Morgan fingerprint density at radius 1 is 1.24 bits per heavy atom. The molecule has 1 amide bonds. The minimum atomic E-state index is -0.324. The van der Waals surface area contributed by atoms with Crippen LogP contribution in [0.15, 0.2) is 42.5 Å². The van der Waals surface area contributed by atoms with Gasteiger partial charge in [0.25, 0.3) is 5.91 Å². The third-order valence-electron chi connectivity index (χ3n) is 3.87. The number of benzene rings is 2. The number of carbonyl (C=O) groups excluding carboxylic acids is 1. The summed E-state index contributed by atoms with van der Waals surface area (Å²) in [5.41, 5.74) is 3.08. The molecule has 0 bridgehead atoms. The maximum Gasteiger partial charge on any atom is 0.270 e. The number of amides is 1. The van der Waals surface area contributed by atoms with Gasteiger partial charge in [-0.2, -0.15) is 5.10 Å². The highest BCUT2D eigenvalue weighted by Gasteiger charge is 2.20. The predicted octanol–water partition coefficient (Wildman–Crippen LogP) is 3.35. The van der Waals surface area contributed by atoms with Gasteiger partial charge in [-0.25, -0.2) is 0 Å². The highest BCUT2D eigenvalue weighted by Crippen LogP contribution is 2.29. The zero-order valence-electron chi connectivity index (χ0n) is 13.1. The maximum atomic E-state index is 12.7. The molecule has 4 rings (SSSR count). The lowest BCUT2D eigenvalue weighted by molar-refractivity contribution is 0.103. The molecule has 8 heteroatoms. The lowest BCUT2D eigenvalue weighted by Crippen LogP contribution is -2.12. The van der Waals surface area contributed by atoms with E-state index in [9.17, 15) is 9.90 Å². The van der Waals surface area contributed by atoms with E-state index in [2.05, 4.69) is 25.1 Å². The van der Waals surface area contributed by atoms with Gasteiger partial charge >= 0.3 is 0 Å². The molecule has 0 aliphatic rings. The van der Waals surface area contributed by atoms with E-state index in [-0.39, 0.29) is 11.7 Å². The van der Waals surface area contributed by atoms with Gasteiger partial charge < -0.3 is 10.4 Å². The van der Waals surface area contributed by atoms with Crippen LogP contribution >= 0.6 is 11.5 Å². The fraction of sp³-hybridized carbons (Fsp3) is 0.0588. The summed E-state index contributed by atoms with van der Waals surface area (Å²) >= 11 is 1.04. The molecule has 0 saturated carbocycles. The Morgan fingerprint density at radius 3 is 2.92 bits per heavy atom. The third kappa shape index (κ3) is 2.72. The third-order valence-corrected chi connectivity index (χ3v) is 4.60. The second kappa shape index (κ2) is 5.99. The Hall–Kier alpha value is -3.26. The van der Waals surface area contributed by atoms with E-state index in [1.807, 2.05) is 31.2 Å². The van der Waals surface area contributed by atoms with Crippen LogP contribution in [0.5, 0.6) is 5.75 Å². The summed E-state index contributed by atoms with van der Waals surface area (Å²) in [6, 6.07) is 12.5. The number of nitrogens with zero attached hydrogens (tertiary/aromatic N) is 3. The molecule has 7 nitrogen and oxygen atoms in total. The second-order valence-electron chi connectivity index (χ2n) is 5.52. The van der Waals surface area contributed by atoms with Crippen LogP contribution in [-0.4, -0.2) is 30.8 Å². The van der Waals surface area contributed by atoms with Gasteiger partial charge in [-0.1, -0.05) is 28.8 Å². The number of aromatic nitrogens is 4. The molecule has 124 valence electrons. The minimum Gasteiger partial charge on any atom is -0.508 e. The molecule has 2 aromatic carbocycles. The molecule has 0 aliphatic heterocycles. The number of aromatic hydroxyl groups is 1. The molecule has 0 aliphatic carbocycles. The Balaban J connectivity index is 1.68. The van der Waals surface area contributed by atoms with Gasteiger partial charge in [-0.15, -0.1) is 5.10 Å². The van der Waals surface area contributed by atoms with Crippen molar-refractivity contribution in [2.24, 2.45) is 0 Å². The van der Waals surface area contributed by atoms with Crippen LogP contribution in [0, 0.1) is 6.92 Å². The molecule has 25 heavy (non-hydrogen) atoms. The first-order valence-electron chi connectivity index (χ1n) is 7.50. The van der Waals surface area contributed by atoms with Gasteiger partial charge in [-0.3, -0.25) is 9.89 Å². The van der Waals surface area contributed by atoms with E-state index in [0.717, 1.165) is 22.7 Å². The average molecular weight is 351 g/mol. The number of rotatable bonds is 3. The van der Waals surface area contributed by atoms with Crippen molar-refractivity contribution in [3.8, 4) is 17.0 Å².